The number of carbonyl (C=O) groups is 1. The van der Waals surface area contributed by atoms with E-state index in [2.05, 4.69) is 0 Å². The molecule has 1 amide bonds. The highest BCUT2D eigenvalue weighted by Crippen LogP contribution is 2.23. The van der Waals surface area contributed by atoms with Crippen LogP contribution < -0.4 is 4.31 Å². The minimum atomic E-state index is -3.91. The van der Waals surface area contributed by atoms with E-state index >= 15 is 0 Å². The number of hydrogen-bond acceptors (Lipinski definition) is 3. The van der Waals surface area contributed by atoms with Crippen molar-refractivity contribution >= 4 is 21.6 Å². The maximum Gasteiger partial charge on any atom is 0.264 e. The minimum absolute atomic E-state index is 0.0108. The fourth-order valence-electron chi connectivity index (χ4n) is 2.89. The van der Waals surface area contributed by atoms with Crippen molar-refractivity contribution in [3.63, 3.8) is 0 Å². The first kappa shape index (κ1) is 20.5. The van der Waals surface area contributed by atoms with E-state index in [-0.39, 0.29) is 16.4 Å². The van der Waals surface area contributed by atoms with Gasteiger partial charge in [0.2, 0.25) is 0 Å². The van der Waals surface area contributed by atoms with Crippen LogP contribution in [-0.2, 0) is 16.6 Å². The smallest absolute Gasteiger partial charge is 0.264 e. The van der Waals surface area contributed by atoms with E-state index in [0.717, 1.165) is 9.87 Å². The second-order valence-corrected chi connectivity index (χ2v) is 8.59. The van der Waals surface area contributed by atoms with Gasteiger partial charge in [0.1, 0.15) is 5.82 Å². The predicted molar refractivity (Wildman–Crippen MR) is 111 cm³/mol. The SMILES string of the molecule is CN(Cc1ccccc1)C(=O)c1cccc(S(=O)(=O)N(C)c2ccc(F)cc2)c1. The Kier molecular flexibility index (Phi) is 5.98. The highest BCUT2D eigenvalue weighted by Gasteiger charge is 2.23. The number of halogens is 1. The zero-order chi connectivity index (χ0) is 21.0. The van der Waals surface area contributed by atoms with Crippen molar-refractivity contribution in [1.29, 1.82) is 0 Å². The average molecular weight is 412 g/mol. The molecule has 0 aliphatic heterocycles. The maximum atomic E-state index is 13.1. The van der Waals surface area contributed by atoms with Crippen molar-refractivity contribution in [2.45, 2.75) is 11.4 Å². The molecule has 0 fully saturated rings. The molecule has 5 nitrogen and oxygen atoms in total. The number of carbonyl (C=O) groups excluding carboxylic acids is 1. The van der Waals surface area contributed by atoms with Crippen LogP contribution >= 0.6 is 0 Å². The van der Waals surface area contributed by atoms with E-state index < -0.39 is 15.8 Å². The van der Waals surface area contributed by atoms with Crippen molar-refractivity contribution in [2.75, 3.05) is 18.4 Å². The molecule has 3 aromatic rings. The molecule has 150 valence electrons. The van der Waals surface area contributed by atoms with Crippen LogP contribution in [0.15, 0.2) is 83.8 Å². The Morgan fingerprint density at radius 1 is 0.897 bits per heavy atom. The van der Waals surface area contributed by atoms with E-state index in [4.69, 9.17) is 0 Å². The molecule has 0 aliphatic carbocycles. The minimum Gasteiger partial charge on any atom is -0.337 e. The number of sulfonamides is 1. The third-order valence-corrected chi connectivity index (χ3v) is 6.32. The zero-order valence-electron chi connectivity index (χ0n) is 16.1. The van der Waals surface area contributed by atoms with Gasteiger partial charge in [0.05, 0.1) is 10.6 Å². The van der Waals surface area contributed by atoms with Gasteiger partial charge in [-0.15, -0.1) is 0 Å². The summed E-state index contributed by atoms with van der Waals surface area (Å²) in [5.74, 6) is -0.732. The van der Waals surface area contributed by atoms with Crippen LogP contribution in [0.2, 0.25) is 0 Å². The Morgan fingerprint density at radius 3 is 2.21 bits per heavy atom. The summed E-state index contributed by atoms with van der Waals surface area (Å²) in [6.07, 6.45) is 0. The standard InChI is InChI=1S/C22H21FN2O3S/c1-24(16-17-7-4-3-5-8-17)22(26)18-9-6-10-21(15-18)29(27,28)25(2)20-13-11-19(23)12-14-20/h3-15H,16H2,1-2H3. The Balaban J connectivity index is 1.84. The summed E-state index contributed by atoms with van der Waals surface area (Å²) in [6, 6.07) is 20.6. The van der Waals surface area contributed by atoms with Gasteiger partial charge in [-0.25, -0.2) is 12.8 Å². The number of rotatable bonds is 6. The van der Waals surface area contributed by atoms with E-state index in [1.54, 1.807) is 13.1 Å². The third kappa shape index (κ3) is 4.63. The summed E-state index contributed by atoms with van der Waals surface area (Å²) in [7, 11) is -0.850. The zero-order valence-corrected chi connectivity index (χ0v) is 16.9. The van der Waals surface area contributed by atoms with Crippen LogP contribution in [0.4, 0.5) is 10.1 Å². The summed E-state index contributed by atoms with van der Waals surface area (Å²) < 4.78 is 40.1. The van der Waals surface area contributed by atoms with Crippen molar-refractivity contribution in [3.05, 3.63) is 95.8 Å². The van der Waals surface area contributed by atoms with Crippen LogP contribution in [0.3, 0.4) is 0 Å². The third-order valence-electron chi connectivity index (χ3n) is 4.54. The lowest BCUT2D eigenvalue weighted by molar-refractivity contribution is 0.0785. The molecule has 7 heteroatoms. The second-order valence-electron chi connectivity index (χ2n) is 6.62. The summed E-state index contributed by atoms with van der Waals surface area (Å²) in [6.45, 7) is 0.409. The monoisotopic (exact) mass is 412 g/mol. The summed E-state index contributed by atoms with van der Waals surface area (Å²) in [5.41, 5.74) is 1.57. The number of anilines is 1. The highest BCUT2D eigenvalue weighted by atomic mass is 32.2. The molecule has 0 saturated carbocycles. The van der Waals surface area contributed by atoms with Gasteiger partial charge in [0, 0.05) is 26.2 Å². The Labute approximate surface area is 170 Å². The van der Waals surface area contributed by atoms with Crippen LogP contribution in [0, 0.1) is 5.82 Å². The summed E-state index contributed by atoms with van der Waals surface area (Å²) in [4.78, 5) is 14.3. The molecule has 0 spiro atoms. The van der Waals surface area contributed by atoms with Crippen molar-refractivity contribution in [3.8, 4) is 0 Å². The van der Waals surface area contributed by atoms with Gasteiger partial charge in [-0.1, -0.05) is 36.4 Å². The van der Waals surface area contributed by atoms with Gasteiger partial charge in [-0.2, -0.15) is 0 Å². The van der Waals surface area contributed by atoms with Gasteiger partial charge in [-0.05, 0) is 48.0 Å². The molecule has 3 aromatic carbocycles. The largest absolute Gasteiger partial charge is 0.337 e. The fraction of sp³-hybridized carbons (Fsp3) is 0.136. The van der Waals surface area contributed by atoms with Crippen molar-refractivity contribution < 1.29 is 17.6 Å². The molecule has 0 bridgehead atoms. The first-order chi connectivity index (χ1) is 13.8. The van der Waals surface area contributed by atoms with Gasteiger partial charge in [0.25, 0.3) is 15.9 Å². The topological polar surface area (TPSA) is 57.7 Å². The molecule has 3 rings (SSSR count). The second kappa shape index (κ2) is 8.45. The molecule has 0 aromatic heterocycles. The Bertz CT molecular complexity index is 1100. The lowest BCUT2D eigenvalue weighted by Gasteiger charge is -2.21. The molecular formula is C22H21FN2O3S. The lowest BCUT2D eigenvalue weighted by atomic mass is 10.1. The number of hydrogen-bond donors (Lipinski definition) is 0. The summed E-state index contributed by atoms with van der Waals surface area (Å²) in [5, 5.41) is 0. The van der Waals surface area contributed by atoms with Crippen LogP contribution in [0.1, 0.15) is 15.9 Å². The molecular weight excluding hydrogens is 391 g/mol. The van der Waals surface area contributed by atoms with Gasteiger partial charge >= 0.3 is 0 Å². The molecule has 0 radical (unpaired) electrons. The van der Waals surface area contributed by atoms with E-state index in [1.165, 1.54) is 54.4 Å². The number of benzene rings is 3. The van der Waals surface area contributed by atoms with Crippen LogP contribution in [0.25, 0.3) is 0 Å². The summed E-state index contributed by atoms with van der Waals surface area (Å²) >= 11 is 0. The highest BCUT2D eigenvalue weighted by molar-refractivity contribution is 7.92. The molecule has 0 heterocycles. The number of nitrogens with zero attached hydrogens (tertiary/aromatic N) is 2. The van der Waals surface area contributed by atoms with Gasteiger partial charge in [-0.3, -0.25) is 9.10 Å². The lowest BCUT2D eigenvalue weighted by Crippen LogP contribution is -2.28. The van der Waals surface area contributed by atoms with E-state index in [0.29, 0.717) is 12.2 Å². The normalized spacial score (nSPS) is 11.1. The number of amides is 1. The maximum absolute atomic E-state index is 13.1. The molecule has 0 saturated heterocycles. The predicted octanol–water partition coefficient (Wildman–Crippen LogP) is 3.92. The molecule has 0 N–H and O–H groups in total. The average Bonchev–Trinajstić information content (AvgIpc) is 2.74. The van der Waals surface area contributed by atoms with Crippen molar-refractivity contribution in [1.82, 2.24) is 4.90 Å². The molecule has 0 unspecified atom stereocenters. The first-order valence-electron chi connectivity index (χ1n) is 8.93. The Hall–Kier alpha value is -3.19. The molecule has 29 heavy (non-hydrogen) atoms. The quantitative estimate of drug-likeness (QED) is 0.617. The Morgan fingerprint density at radius 2 is 1.55 bits per heavy atom. The van der Waals surface area contributed by atoms with E-state index in [9.17, 15) is 17.6 Å². The van der Waals surface area contributed by atoms with Gasteiger partial charge < -0.3 is 4.90 Å². The molecule has 0 aliphatic rings. The fourth-order valence-corrected chi connectivity index (χ4v) is 4.13. The van der Waals surface area contributed by atoms with Crippen molar-refractivity contribution in [2.24, 2.45) is 0 Å². The van der Waals surface area contributed by atoms with Gasteiger partial charge in [0.15, 0.2) is 0 Å². The van der Waals surface area contributed by atoms with E-state index in [1.807, 2.05) is 30.3 Å². The van der Waals surface area contributed by atoms with Crippen LogP contribution in [-0.4, -0.2) is 33.3 Å². The first-order valence-corrected chi connectivity index (χ1v) is 10.4. The van der Waals surface area contributed by atoms with Crippen LogP contribution in [0.5, 0.6) is 0 Å². The molecule has 0 atom stereocenters.